The SMILES string of the molecule is COC(C)CC1C(=N)OC(=O)C1C. The van der Waals surface area contributed by atoms with E-state index >= 15 is 0 Å². The van der Waals surface area contributed by atoms with Crippen molar-refractivity contribution >= 4 is 11.9 Å². The summed E-state index contributed by atoms with van der Waals surface area (Å²) >= 11 is 0. The lowest BCUT2D eigenvalue weighted by atomic mass is 9.91. The number of hydrogen-bond donors (Lipinski definition) is 1. The number of carbonyl (C=O) groups is 1. The highest BCUT2D eigenvalue weighted by Crippen LogP contribution is 2.27. The van der Waals surface area contributed by atoms with Gasteiger partial charge >= 0.3 is 5.97 Å². The van der Waals surface area contributed by atoms with Gasteiger partial charge in [-0.1, -0.05) is 6.92 Å². The van der Waals surface area contributed by atoms with Crippen LogP contribution in [0, 0.1) is 17.2 Å². The Morgan fingerprint density at radius 2 is 2.31 bits per heavy atom. The van der Waals surface area contributed by atoms with E-state index in [1.54, 1.807) is 14.0 Å². The van der Waals surface area contributed by atoms with Crippen molar-refractivity contribution in [2.75, 3.05) is 7.11 Å². The molecule has 1 saturated heterocycles. The molecule has 1 N–H and O–H groups in total. The topological polar surface area (TPSA) is 59.4 Å². The van der Waals surface area contributed by atoms with Crippen molar-refractivity contribution in [3.63, 3.8) is 0 Å². The third-order valence-electron chi connectivity index (χ3n) is 2.51. The highest BCUT2D eigenvalue weighted by molar-refractivity contribution is 5.97. The quantitative estimate of drug-likeness (QED) is 0.672. The van der Waals surface area contributed by atoms with Gasteiger partial charge in [-0.2, -0.15) is 0 Å². The highest BCUT2D eigenvalue weighted by Gasteiger charge is 2.38. The minimum atomic E-state index is -0.293. The molecule has 1 heterocycles. The van der Waals surface area contributed by atoms with Crippen LogP contribution in [0.5, 0.6) is 0 Å². The molecule has 0 saturated carbocycles. The van der Waals surface area contributed by atoms with Crippen molar-refractivity contribution in [2.24, 2.45) is 11.8 Å². The summed E-state index contributed by atoms with van der Waals surface area (Å²) in [6, 6.07) is 0. The van der Waals surface area contributed by atoms with Gasteiger partial charge in [-0.15, -0.1) is 0 Å². The molecule has 0 amide bonds. The summed E-state index contributed by atoms with van der Waals surface area (Å²) in [4.78, 5) is 11.1. The summed E-state index contributed by atoms with van der Waals surface area (Å²) in [5.41, 5.74) is 0. The molecule has 4 heteroatoms. The van der Waals surface area contributed by atoms with Gasteiger partial charge in [-0.25, -0.2) is 0 Å². The number of cyclic esters (lactones) is 1. The Morgan fingerprint density at radius 3 is 2.69 bits per heavy atom. The van der Waals surface area contributed by atoms with E-state index in [-0.39, 0.29) is 29.8 Å². The van der Waals surface area contributed by atoms with E-state index < -0.39 is 0 Å². The number of ether oxygens (including phenoxy) is 2. The molecule has 0 aromatic rings. The molecule has 0 aromatic carbocycles. The summed E-state index contributed by atoms with van der Waals surface area (Å²) in [7, 11) is 1.62. The first-order valence-electron chi connectivity index (χ1n) is 4.39. The molecule has 1 rings (SSSR count). The maximum atomic E-state index is 11.1. The standard InChI is InChI=1S/C9H15NO3/c1-5(12-3)4-7-6(2)9(11)13-8(7)10/h5-7,10H,4H2,1-3H3. The minimum absolute atomic E-state index is 0.0577. The van der Waals surface area contributed by atoms with Gasteiger partial charge in [0.1, 0.15) is 0 Å². The van der Waals surface area contributed by atoms with Gasteiger partial charge < -0.3 is 9.47 Å². The van der Waals surface area contributed by atoms with E-state index in [9.17, 15) is 4.79 Å². The Bertz CT molecular complexity index is 227. The molecule has 3 unspecified atom stereocenters. The van der Waals surface area contributed by atoms with Crippen molar-refractivity contribution in [3.05, 3.63) is 0 Å². The van der Waals surface area contributed by atoms with Crippen molar-refractivity contribution < 1.29 is 14.3 Å². The molecule has 0 aliphatic carbocycles. The summed E-state index contributed by atoms with van der Waals surface area (Å²) < 4.78 is 9.80. The van der Waals surface area contributed by atoms with Crippen LogP contribution in [0.3, 0.4) is 0 Å². The third-order valence-corrected chi connectivity index (χ3v) is 2.51. The van der Waals surface area contributed by atoms with E-state index in [1.165, 1.54) is 0 Å². The molecular formula is C9H15NO3. The number of esters is 1. The molecule has 0 bridgehead atoms. The zero-order valence-corrected chi connectivity index (χ0v) is 8.16. The van der Waals surface area contributed by atoms with Crippen LogP contribution < -0.4 is 0 Å². The number of hydrogen-bond acceptors (Lipinski definition) is 4. The van der Waals surface area contributed by atoms with Crippen molar-refractivity contribution in [2.45, 2.75) is 26.4 Å². The fourth-order valence-corrected chi connectivity index (χ4v) is 1.43. The van der Waals surface area contributed by atoms with E-state index in [2.05, 4.69) is 0 Å². The maximum absolute atomic E-state index is 11.1. The summed E-state index contributed by atoms with van der Waals surface area (Å²) in [6.45, 7) is 3.71. The minimum Gasteiger partial charge on any atom is -0.412 e. The van der Waals surface area contributed by atoms with E-state index in [4.69, 9.17) is 14.9 Å². The van der Waals surface area contributed by atoms with Crippen LogP contribution in [0.2, 0.25) is 0 Å². The summed E-state index contributed by atoms with van der Waals surface area (Å²) in [5.74, 6) is -0.521. The first kappa shape index (κ1) is 10.2. The second-order valence-corrected chi connectivity index (χ2v) is 3.46. The predicted octanol–water partition coefficient (Wildman–Crippen LogP) is 1.20. The molecule has 13 heavy (non-hydrogen) atoms. The van der Waals surface area contributed by atoms with Crippen molar-refractivity contribution in [1.29, 1.82) is 5.41 Å². The van der Waals surface area contributed by atoms with Gasteiger partial charge in [-0.05, 0) is 13.3 Å². The number of nitrogens with one attached hydrogen (secondary N) is 1. The van der Waals surface area contributed by atoms with Gasteiger partial charge in [0.25, 0.3) is 0 Å². The number of rotatable bonds is 3. The lowest BCUT2D eigenvalue weighted by Gasteiger charge is -2.15. The molecule has 0 radical (unpaired) electrons. The molecular weight excluding hydrogens is 170 g/mol. The fraction of sp³-hybridized carbons (Fsp3) is 0.778. The van der Waals surface area contributed by atoms with Crippen LogP contribution in [0.1, 0.15) is 20.3 Å². The smallest absolute Gasteiger partial charge is 0.315 e. The van der Waals surface area contributed by atoms with Crippen LogP contribution in [0.4, 0.5) is 0 Å². The zero-order valence-electron chi connectivity index (χ0n) is 8.16. The molecule has 1 aliphatic rings. The van der Waals surface area contributed by atoms with Crippen LogP contribution in [-0.2, 0) is 14.3 Å². The zero-order chi connectivity index (χ0) is 10.0. The molecule has 4 nitrogen and oxygen atoms in total. The first-order chi connectivity index (χ1) is 6.06. The lowest BCUT2D eigenvalue weighted by molar-refractivity contribution is -0.136. The Hall–Kier alpha value is -0.900. The van der Waals surface area contributed by atoms with Gasteiger partial charge in [0.05, 0.1) is 17.9 Å². The fourth-order valence-electron chi connectivity index (χ4n) is 1.43. The molecule has 0 spiro atoms. The molecule has 74 valence electrons. The van der Waals surface area contributed by atoms with Crippen molar-refractivity contribution in [3.8, 4) is 0 Å². The Labute approximate surface area is 77.7 Å². The summed E-state index contributed by atoms with van der Waals surface area (Å²) in [6.07, 6.45) is 0.727. The largest absolute Gasteiger partial charge is 0.412 e. The maximum Gasteiger partial charge on any atom is 0.315 e. The van der Waals surface area contributed by atoms with Gasteiger partial charge in [-0.3, -0.25) is 10.2 Å². The summed E-state index contributed by atoms with van der Waals surface area (Å²) in [5, 5.41) is 7.44. The molecule has 0 aromatic heterocycles. The van der Waals surface area contributed by atoms with E-state index in [1.807, 2.05) is 6.92 Å². The average molecular weight is 185 g/mol. The van der Waals surface area contributed by atoms with Gasteiger partial charge in [0.15, 0.2) is 5.90 Å². The average Bonchev–Trinajstić information content (AvgIpc) is 2.32. The third kappa shape index (κ3) is 2.06. The normalized spacial score (nSPS) is 30.4. The Morgan fingerprint density at radius 1 is 1.69 bits per heavy atom. The van der Waals surface area contributed by atoms with E-state index in [0.29, 0.717) is 6.42 Å². The van der Waals surface area contributed by atoms with E-state index in [0.717, 1.165) is 0 Å². The van der Waals surface area contributed by atoms with Crippen LogP contribution in [0.25, 0.3) is 0 Å². The molecule has 1 aliphatic heterocycles. The predicted molar refractivity (Wildman–Crippen MR) is 47.6 cm³/mol. The van der Waals surface area contributed by atoms with Crippen LogP contribution in [-0.4, -0.2) is 25.1 Å². The monoisotopic (exact) mass is 185 g/mol. The Balaban J connectivity index is 2.58. The first-order valence-corrected chi connectivity index (χ1v) is 4.39. The van der Waals surface area contributed by atoms with Gasteiger partial charge in [0, 0.05) is 7.11 Å². The number of methoxy groups -OCH3 is 1. The molecule has 1 fully saturated rings. The Kier molecular flexibility index (Phi) is 3.03. The lowest BCUT2D eigenvalue weighted by Crippen LogP contribution is -2.20. The second-order valence-electron chi connectivity index (χ2n) is 3.46. The van der Waals surface area contributed by atoms with Gasteiger partial charge in [0.2, 0.25) is 0 Å². The second kappa shape index (κ2) is 3.87. The van der Waals surface area contributed by atoms with Crippen LogP contribution in [0.15, 0.2) is 0 Å². The van der Waals surface area contributed by atoms with Crippen LogP contribution >= 0.6 is 0 Å². The highest BCUT2D eigenvalue weighted by atomic mass is 16.5. The molecule has 3 atom stereocenters. The number of carbonyl (C=O) groups excluding carboxylic acids is 1. The van der Waals surface area contributed by atoms with Crippen molar-refractivity contribution in [1.82, 2.24) is 0 Å².